The molecule has 2 aromatic carbocycles. The molecule has 0 unspecified atom stereocenters. The maximum Gasteiger partial charge on any atom is 0.180 e. The molecule has 29 heavy (non-hydrogen) atoms. The Balaban J connectivity index is 1.81. The molecular formula is C23H26N4OS. The second-order valence-corrected chi connectivity index (χ2v) is 7.85. The van der Waals surface area contributed by atoms with Crippen LogP contribution in [0, 0.1) is 0 Å². The van der Waals surface area contributed by atoms with Crippen LogP contribution in [0.15, 0.2) is 65.0 Å². The van der Waals surface area contributed by atoms with E-state index >= 15 is 0 Å². The predicted molar refractivity (Wildman–Crippen MR) is 124 cm³/mol. The van der Waals surface area contributed by atoms with Crippen molar-refractivity contribution in [2.45, 2.75) is 26.4 Å². The van der Waals surface area contributed by atoms with Crippen molar-refractivity contribution >= 4 is 33.5 Å². The van der Waals surface area contributed by atoms with E-state index in [2.05, 4.69) is 87.3 Å². The lowest BCUT2D eigenvalue weighted by Gasteiger charge is -2.21. The zero-order valence-corrected chi connectivity index (χ0v) is 17.8. The molecule has 1 aliphatic heterocycles. The molecule has 6 heteroatoms. The van der Waals surface area contributed by atoms with Crippen molar-refractivity contribution in [2.24, 2.45) is 4.99 Å². The quantitative estimate of drug-likeness (QED) is 0.614. The molecule has 0 saturated heterocycles. The first-order valence-corrected chi connectivity index (χ1v) is 10.7. The summed E-state index contributed by atoms with van der Waals surface area (Å²) in [6, 6.07) is 19.3. The van der Waals surface area contributed by atoms with Gasteiger partial charge in [0.1, 0.15) is 0 Å². The minimum absolute atomic E-state index is 0.105. The van der Waals surface area contributed by atoms with Gasteiger partial charge < -0.3 is 9.30 Å². The number of aromatic nitrogens is 1. The summed E-state index contributed by atoms with van der Waals surface area (Å²) < 4.78 is 7.57. The van der Waals surface area contributed by atoms with Crippen molar-refractivity contribution in [3.05, 3.63) is 65.6 Å². The molecule has 150 valence electrons. The molecule has 0 aliphatic carbocycles. The van der Waals surface area contributed by atoms with Gasteiger partial charge in [-0.2, -0.15) is 0 Å². The van der Waals surface area contributed by atoms with Crippen molar-refractivity contribution in [3.8, 4) is 11.3 Å². The third-order valence-corrected chi connectivity index (χ3v) is 5.73. The maximum atomic E-state index is 5.18. The average Bonchev–Trinajstić information content (AvgIpc) is 3.09. The Morgan fingerprint density at radius 2 is 1.83 bits per heavy atom. The molecular weight excluding hydrogens is 380 g/mol. The van der Waals surface area contributed by atoms with E-state index in [0.717, 1.165) is 17.4 Å². The summed E-state index contributed by atoms with van der Waals surface area (Å²) in [5, 5.41) is 4.23. The number of aryl methyl sites for hydroxylation is 1. The van der Waals surface area contributed by atoms with Gasteiger partial charge in [0.05, 0.1) is 24.0 Å². The topological polar surface area (TPSA) is 50.6 Å². The molecule has 4 rings (SSSR count). The Labute approximate surface area is 175 Å². The number of rotatable bonds is 6. The predicted octanol–water partition coefficient (Wildman–Crippen LogP) is 4.86. The fraction of sp³-hybridized carbons (Fsp3) is 0.261. The number of hydrogen-bond acceptors (Lipinski definition) is 4. The first kappa shape index (κ1) is 19.6. The molecule has 0 bridgehead atoms. The van der Waals surface area contributed by atoms with Gasteiger partial charge in [0.15, 0.2) is 5.17 Å². The van der Waals surface area contributed by atoms with Gasteiger partial charge in [-0.3, -0.25) is 15.8 Å². The number of nitrogens with zero attached hydrogens (tertiary/aromatic N) is 2. The second kappa shape index (κ2) is 8.76. The highest BCUT2D eigenvalue weighted by Gasteiger charge is 2.22. The van der Waals surface area contributed by atoms with Crippen LogP contribution in [0.5, 0.6) is 0 Å². The van der Waals surface area contributed by atoms with Crippen molar-refractivity contribution in [1.29, 1.82) is 0 Å². The van der Waals surface area contributed by atoms with E-state index in [4.69, 9.17) is 4.74 Å². The van der Waals surface area contributed by atoms with Crippen LogP contribution in [0.3, 0.4) is 0 Å². The highest BCUT2D eigenvalue weighted by Crippen LogP contribution is 2.38. The fourth-order valence-corrected chi connectivity index (χ4v) is 4.51. The summed E-state index contributed by atoms with van der Waals surface area (Å²) in [5.41, 5.74) is 12.6. The molecule has 0 radical (unpaired) electrons. The number of ether oxygens (including phenoxy) is 1. The van der Waals surface area contributed by atoms with E-state index in [1.807, 2.05) is 6.92 Å². The van der Waals surface area contributed by atoms with Gasteiger partial charge in [0.25, 0.3) is 0 Å². The third-order valence-electron chi connectivity index (χ3n) is 4.94. The molecule has 2 N–H and O–H groups in total. The van der Waals surface area contributed by atoms with Gasteiger partial charge in [-0.05, 0) is 25.5 Å². The SMILES string of the molecule is CCn1c(-c2ccccc2)c(C2=CSC(=N[C@H](C)COC)NN2)c2ccccc21. The van der Waals surface area contributed by atoms with Gasteiger partial charge >= 0.3 is 0 Å². The van der Waals surface area contributed by atoms with E-state index in [1.54, 1.807) is 18.9 Å². The molecule has 0 fully saturated rings. The van der Waals surface area contributed by atoms with Crippen LogP contribution in [-0.2, 0) is 11.3 Å². The molecule has 1 aliphatic rings. The molecule has 5 nitrogen and oxygen atoms in total. The van der Waals surface area contributed by atoms with E-state index in [1.165, 1.54) is 27.7 Å². The average molecular weight is 407 g/mol. The molecule has 0 amide bonds. The van der Waals surface area contributed by atoms with Gasteiger partial charge in [0.2, 0.25) is 0 Å². The number of hydrazine groups is 1. The number of hydrogen-bond donors (Lipinski definition) is 2. The standard InChI is InChI=1S/C23H26N4OS/c1-4-27-20-13-9-8-12-18(20)21(22(27)17-10-6-5-7-11-17)19-15-29-23(26-25-19)24-16(2)14-28-3/h5-13,15-16,25H,4,14H2,1-3H3,(H,24,26)/t16-/m1/s1. The van der Waals surface area contributed by atoms with Crippen LogP contribution >= 0.6 is 11.8 Å². The minimum Gasteiger partial charge on any atom is -0.382 e. The number of fused-ring (bicyclic) bond motifs is 1. The number of thioether (sulfide) groups is 1. The summed E-state index contributed by atoms with van der Waals surface area (Å²) in [4.78, 5) is 4.65. The molecule has 3 aromatic rings. The van der Waals surface area contributed by atoms with Crippen LogP contribution in [0.4, 0.5) is 0 Å². The van der Waals surface area contributed by atoms with Crippen LogP contribution in [0.2, 0.25) is 0 Å². The van der Waals surface area contributed by atoms with Gasteiger partial charge in [-0.25, -0.2) is 0 Å². The maximum absolute atomic E-state index is 5.18. The lowest BCUT2D eigenvalue weighted by Crippen LogP contribution is -2.37. The lowest BCUT2D eigenvalue weighted by molar-refractivity contribution is 0.186. The first-order chi connectivity index (χ1) is 14.2. The summed E-state index contributed by atoms with van der Waals surface area (Å²) in [5.74, 6) is 0. The van der Waals surface area contributed by atoms with Crippen molar-refractivity contribution in [1.82, 2.24) is 15.4 Å². The lowest BCUT2D eigenvalue weighted by atomic mass is 10.0. The number of amidine groups is 1. The van der Waals surface area contributed by atoms with Crippen molar-refractivity contribution < 1.29 is 4.74 Å². The largest absolute Gasteiger partial charge is 0.382 e. The zero-order chi connectivity index (χ0) is 20.2. The highest BCUT2D eigenvalue weighted by atomic mass is 32.2. The molecule has 0 saturated carbocycles. The fourth-order valence-electron chi connectivity index (χ4n) is 3.76. The Morgan fingerprint density at radius 1 is 1.07 bits per heavy atom. The normalized spacial score (nSPS) is 16.4. The number of methoxy groups -OCH3 is 1. The van der Waals surface area contributed by atoms with Crippen molar-refractivity contribution in [3.63, 3.8) is 0 Å². The molecule has 2 heterocycles. The van der Waals surface area contributed by atoms with Crippen molar-refractivity contribution in [2.75, 3.05) is 13.7 Å². The number of benzene rings is 2. The Hall–Kier alpha value is -2.70. The number of aliphatic imine (C=N–C) groups is 1. The van der Waals surface area contributed by atoms with Crippen LogP contribution in [0.25, 0.3) is 27.9 Å². The smallest absolute Gasteiger partial charge is 0.180 e. The number of nitrogens with one attached hydrogen (secondary N) is 2. The van der Waals surface area contributed by atoms with Gasteiger partial charge in [-0.15, -0.1) is 0 Å². The second-order valence-electron chi connectivity index (χ2n) is 6.99. The number of para-hydroxylation sites is 1. The monoisotopic (exact) mass is 406 g/mol. The van der Waals surface area contributed by atoms with E-state index < -0.39 is 0 Å². The summed E-state index contributed by atoms with van der Waals surface area (Å²) >= 11 is 1.60. The Morgan fingerprint density at radius 3 is 2.52 bits per heavy atom. The third kappa shape index (κ3) is 3.91. The first-order valence-electron chi connectivity index (χ1n) is 9.85. The van der Waals surface area contributed by atoms with Gasteiger partial charge in [-0.1, -0.05) is 60.3 Å². The summed E-state index contributed by atoms with van der Waals surface area (Å²) in [6.45, 7) is 5.74. The molecule has 0 spiro atoms. The Kier molecular flexibility index (Phi) is 5.92. The van der Waals surface area contributed by atoms with E-state index in [0.29, 0.717) is 6.61 Å². The highest BCUT2D eigenvalue weighted by molar-refractivity contribution is 8.16. The minimum atomic E-state index is 0.105. The summed E-state index contributed by atoms with van der Waals surface area (Å²) in [6.07, 6.45) is 0. The Bertz CT molecular complexity index is 1060. The van der Waals surface area contributed by atoms with E-state index in [9.17, 15) is 0 Å². The van der Waals surface area contributed by atoms with E-state index in [-0.39, 0.29) is 6.04 Å². The van der Waals surface area contributed by atoms with Crippen LogP contribution in [0.1, 0.15) is 19.4 Å². The van der Waals surface area contributed by atoms with Gasteiger partial charge in [0, 0.05) is 35.5 Å². The van der Waals surface area contributed by atoms with Crippen LogP contribution < -0.4 is 10.9 Å². The zero-order valence-electron chi connectivity index (χ0n) is 17.0. The summed E-state index contributed by atoms with van der Waals surface area (Å²) in [7, 11) is 1.70. The molecule has 1 aromatic heterocycles. The molecule has 1 atom stereocenters. The van der Waals surface area contributed by atoms with Crippen LogP contribution in [-0.4, -0.2) is 29.5 Å².